The van der Waals surface area contributed by atoms with Gasteiger partial charge in [-0.2, -0.15) is 0 Å². The van der Waals surface area contributed by atoms with Gasteiger partial charge in [0.05, 0.1) is 0 Å². The number of aliphatic hydroxyl groups is 1. The first-order valence-corrected chi connectivity index (χ1v) is 9.53. The fourth-order valence-corrected chi connectivity index (χ4v) is 2.60. The number of fused-ring (bicyclic) bond motifs is 2. The van der Waals surface area contributed by atoms with Crippen LogP contribution in [0.2, 0.25) is 19.6 Å². The lowest BCUT2D eigenvalue weighted by Crippen LogP contribution is -2.22. The summed E-state index contributed by atoms with van der Waals surface area (Å²) in [6.07, 6.45) is 5.59. The molecule has 0 heterocycles. The first-order valence-electron chi connectivity index (χ1n) is 6.12. The molecule has 0 amide bonds. The van der Waals surface area contributed by atoms with E-state index in [2.05, 4.69) is 19.6 Å². The Bertz CT molecular complexity index is 189. The molecule has 0 aromatic carbocycles. The molecule has 0 saturated heterocycles. The van der Waals surface area contributed by atoms with Crippen molar-refractivity contribution in [2.75, 3.05) is 13.7 Å². The number of hydrogen-bond donors (Lipinski definition) is 1. The van der Waals surface area contributed by atoms with E-state index in [-0.39, 0.29) is 0 Å². The lowest BCUT2D eigenvalue weighted by molar-refractivity contribution is 0.177. The van der Waals surface area contributed by atoms with Crippen LogP contribution in [0, 0.1) is 17.8 Å². The molecule has 0 radical (unpaired) electrons. The van der Waals surface area contributed by atoms with E-state index in [9.17, 15) is 0 Å². The minimum atomic E-state index is -1.13. The molecule has 2 rings (SSSR count). The summed E-state index contributed by atoms with van der Waals surface area (Å²) in [7, 11) is 0.639. The van der Waals surface area contributed by atoms with Gasteiger partial charge >= 0.3 is 0 Å². The molecule has 3 heteroatoms. The maximum Gasteiger partial charge on any atom is 0.183 e. The van der Waals surface area contributed by atoms with Gasteiger partial charge in [-0.15, -0.1) is 0 Å². The van der Waals surface area contributed by atoms with Crippen LogP contribution < -0.4 is 0 Å². The molecule has 2 aliphatic carbocycles. The van der Waals surface area contributed by atoms with Crippen LogP contribution in [-0.2, 0) is 4.43 Å². The van der Waals surface area contributed by atoms with E-state index in [0.29, 0.717) is 12.5 Å². The van der Waals surface area contributed by atoms with Gasteiger partial charge in [-0.3, -0.25) is 0 Å². The molecule has 2 fully saturated rings. The molecule has 2 aliphatic rings. The molecular formula is C12H26O2Si. The summed E-state index contributed by atoms with van der Waals surface area (Å²) in [5.74, 6) is 2.58. The van der Waals surface area contributed by atoms with Crippen molar-refractivity contribution in [2.24, 2.45) is 17.8 Å². The summed E-state index contributed by atoms with van der Waals surface area (Å²) in [5, 5.41) is 8.89. The second kappa shape index (κ2) is 5.46. The van der Waals surface area contributed by atoms with Crippen molar-refractivity contribution in [2.45, 2.75) is 45.3 Å². The number of aliphatic hydroxyl groups excluding tert-OH is 1. The molecule has 15 heavy (non-hydrogen) atoms. The van der Waals surface area contributed by atoms with Gasteiger partial charge in [0.2, 0.25) is 0 Å². The highest BCUT2D eigenvalue weighted by molar-refractivity contribution is 6.69. The number of rotatable bonds is 2. The minimum absolute atomic E-state index is 0.446. The molecule has 1 N–H and O–H groups in total. The van der Waals surface area contributed by atoms with E-state index < -0.39 is 8.32 Å². The first-order chi connectivity index (χ1) is 6.96. The molecule has 3 atom stereocenters. The Labute approximate surface area is 95.2 Å². The number of hydrogen-bond acceptors (Lipinski definition) is 2. The lowest BCUT2D eigenvalue weighted by atomic mass is 9.90. The summed E-state index contributed by atoms with van der Waals surface area (Å²) in [6, 6.07) is 0. The van der Waals surface area contributed by atoms with Crippen molar-refractivity contribution >= 4 is 8.32 Å². The third-order valence-electron chi connectivity index (χ3n) is 3.73. The van der Waals surface area contributed by atoms with E-state index >= 15 is 0 Å². The maximum absolute atomic E-state index is 8.89. The molecule has 0 spiro atoms. The van der Waals surface area contributed by atoms with Gasteiger partial charge in [-0.25, -0.2) is 0 Å². The Morgan fingerprint density at radius 2 is 1.80 bits per heavy atom. The summed E-state index contributed by atoms with van der Waals surface area (Å²) in [4.78, 5) is 0. The monoisotopic (exact) mass is 230 g/mol. The van der Waals surface area contributed by atoms with Gasteiger partial charge in [0.1, 0.15) is 0 Å². The fraction of sp³-hybridized carbons (Fsp3) is 1.00. The van der Waals surface area contributed by atoms with Crippen molar-refractivity contribution in [3.8, 4) is 0 Å². The molecular weight excluding hydrogens is 204 g/mol. The summed E-state index contributed by atoms with van der Waals surface area (Å²) in [6.45, 7) is 6.92. The Hall–Kier alpha value is 0.137. The van der Waals surface area contributed by atoms with Gasteiger partial charge in [0, 0.05) is 13.7 Å². The normalized spacial score (nSPS) is 33.8. The highest BCUT2D eigenvalue weighted by atomic mass is 28.4. The molecule has 2 nitrogen and oxygen atoms in total. The Kier molecular flexibility index (Phi) is 4.81. The highest BCUT2D eigenvalue weighted by Crippen LogP contribution is 2.47. The van der Waals surface area contributed by atoms with Crippen molar-refractivity contribution in [3.05, 3.63) is 0 Å². The molecule has 0 aromatic heterocycles. The van der Waals surface area contributed by atoms with Crippen LogP contribution in [0.3, 0.4) is 0 Å². The van der Waals surface area contributed by atoms with E-state index in [1.54, 1.807) is 7.11 Å². The summed E-state index contributed by atoms with van der Waals surface area (Å²) < 4.78 is 5.08. The quantitative estimate of drug-likeness (QED) is 0.739. The van der Waals surface area contributed by atoms with Gasteiger partial charge in [0.25, 0.3) is 0 Å². The fourth-order valence-electron chi connectivity index (χ4n) is 2.60. The Morgan fingerprint density at radius 1 is 1.20 bits per heavy atom. The van der Waals surface area contributed by atoms with Crippen molar-refractivity contribution in [3.63, 3.8) is 0 Å². The standard InChI is InChI=1S/C8H14O.C4H12OSi/c9-5-8-4-6-1-2-7(8)3-6;1-5-6(2,3)4/h6-9H,1-5H2;1-4H3. The van der Waals surface area contributed by atoms with Crippen molar-refractivity contribution < 1.29 is 9.53 Å². The van der Waals surface area contributed by atoms with Crippen LogP contribution >= 0.6 is 0 Å². The third kappa shape index (κ3) is 4.25. The molecule has 3 unspecified atom stereocenters. The van der Waals surface area contributed by atoms with Crippen LogP contribution in [0.25, 0.3) is 0 Å². The smallest absolute Gasteiger partial charge is 0.183 e. The van der Waals surface area contributed by atoms with Crippen LogP contribution in [0.15, 0.2) is 0 Å². The average molecular weight is 230 g/mol. The molecule has 2 saturated carbocycles. The van der Waals surface area contributed by atoms with Crippen molar-refractivity contribution in [1.29, 1.82) is 0 Å². The average Bonchev–Trinajstić information content (AvgIpc) is 2.78. The predicted molar refractivity (Wildman–Crippen MR) is 66.4 cm³/mol. The van der Waals surface area contributed by atoms with Crippen LogP contribution in [0.1, 0.15) is 25.7 Å². The van der Waals surface area contributed by atoms with E-state index in [0.717, 1.165) is 11.8 Å². The second-order valence-corrected chi connectivity index (χ2v) is 10.6. The first kappa shape index (κ1) is 13.2. The van der Waals surface area contributed by atoms with Crippen LogP contribution in [0.5, 0.6) is 0 Å². The van der Waals surface area contributed by atoms with Gasteiger partial charge in [0.15, 0.2) is 8.32 Å². The zero-order valence-electron chi connectivity index (χ0n) is 10.6. The lowest BCUT2D eigenvalue weighted by Gasteiger charge is -2.18. The molecule has 2 bridgehead atoms. The zero-order chi connectivity index (χ0) is 11.5. The van der Waals surface area contributed by atoms with Gasteiger partial charge in [-0.1, -0.05) is 6.42 Å². The highest BCUT2D eigenvalue weighted by Gasteiger charge is 2.38. The van der Waals surface area contributed by atoms with E-state index in [4.69, 9.17) is 9.53 Å². The molecule has 0 aromatic rings. The van der Waals surface area contributed by atoms with Gasteiger partial charge < -0.3 is 9.53 Å². The van der Waals surface area contributed by atoms with Crippen molar-refractivity contribution in [1.82, 2.24) is 0 Å². The zero-order valence-corrected chi connectivity index (χ0v) is 11.6. The van der Waals surface area contributed by atoms with Gasteiger partial charge in [-0.05, 0) is 56.7 Å². The summed E-state index contributed by atoms with van der Waals surface area (Å²) in [5.41, 5.74) is 0. The van der Waals surface area contributed by atoms with Crippen LogP contribution in [0.4, 0.5) is 0 Å². The minimum Gasteiger partial charge on any atom is -0.421 e. The predicted octanol–water partition coefficient (Wildman–Crippen LogP) is 2.88. The van der Waals surface area contributed by atoms with Crippen LogP contribution in [-0.4, -0.2) is 27.1 Å². The molecule has 90 valence electrons. The molecule has 0 aliphatic heterocycles. The Balaban J connectivity index is 0.000000167. The largest absolute Gasteiger partial charge is 0.421 e. The van der Waals surface area contributed by atoms with E-state index in [1.165, 1.54) is 25.7 Å². The maximum atomic E-state index is 8.89. The summed E-state index contributed by atoms with van der Waals surface area (Å²) >= 11 is 0. The SMILES string of the molecule is CO[Si](C)(C)C.OCC1CC2CCC1C2. The van der Waals surface area contributed by atoms with E-state index in [1.807, 2.05) is 0 Å². The third-order valence-corrected chi connectivity index (χ3v) is 4.96. The second-order valence-electron chi connectivity index (χ2n) is 5.93. The topological polar surface area (TPSA) is 29.5 Å². The Morgan fingerprint density at radius 3 is 2.00 bits per heavy atom.